The van der Waals surface area contributed by atoms with Gasteiger partial charge in [-0.15, -0.1) is 0 Å². The van der Waals surface area contributed by atoms with Crippen LogP contribution in [0.2, 0.25) is 15.1 Å². The standard InChI is InChI=1S/C14H11Cl3O2/c15-11-3-2-10(12(16)6-11)8-19-14-4-1-9(7-18)5-13(14)17/h1-6,18H,7-8H2. The first-order valence-corrected chi connectivity index (χ1v) is 6.69. The minimum atomic E-state index is -0.0526. The molecule has 0 radical (unpaired) electrons. The van der Waals surface area contributed by atoms with Crippen molar-refractivity contribution in [2.45, 2.75) is 13.2 Å². The summed E-state index contributed by atoms with van der Waals surface area (Å²) in [4.78, 5) is 0. The van der Waals surface area contributed by atoms with Crippen LogP contribution in [0.25, 0.3) is 0 Å². The number of benzene rings is 2. The Kier molecular flexibility index (Phi) is 4.94. The van der Waals surface area contributed by atoms with Crippen molar-refractivity contribution in [1.29, 1.82) is 0 Å². The zero-order chi connectivity index (χ0) is 13.8. The molecule has 0 aromatic heterocycles. The molecular formula is C14H11Cl3O2. The Morgan fingerprint density at radius 2 is 1.74 bits per heavy atom. The first-order valence-electron chi connectivity index (χ1n) is 5.56. The summed E-state index contributed by atoms with van der Waals surface area (Å²) < 4.78 is 5.60. The molecule has 19 heavy (non-hydrogen) atoms. The molecule has 0 spiro atoms. The first-order chi connectivity index (χ1) is 9.10. The SMILES string of the molecule is OCc1ccc(OCc2ccc(Cl)cc2Cl)c(Cl)c1. The number of aliphatic hydroxyl groups excluding tert-OH is 1. The van der Waals surface area contributed by atoms with Gasteiger partial charge in [-0.3, -0.25) is 0 Å². The Balaban J connectivity index is 2.10. The van der Waals surface area contributed by atoms with Gasteiger partial charge >= 0.3 is 0 Å². The third kappa shape index (κ3) is 3.77. The lowest BCUT2D eigenvalue weighted by molar-refractivity contribution is 0.281. The summed E-state index contributed by atoms with van der Waals surface area (Å²) in [6.45, 7) is 0.247. The van der Waals surface area contributed by atoms with Gasteiger partial charge in [-0.25, -0.2) is 0 Å². The monoisotopic (exact) mass is 316 g/mol. The van der Waals surface area contributed by atoms with Crippen molar-refractivity contribution < 1.29 is 9.84 Å². The molecule has 2 rings (SSSR count). The van der Waals surface area contributed by atoms with E-state index in [4.69, 9.17) is 44.6 Å². The fourth-order valence-electron chi connectivity index (χ4n) is 1.55. The number of aliphatic hydroxyl groups is 1. The Bertz CT molecular complexity index is 585. The third-order valence-corrected chi connectivity index (χ3v) is 3.46. The molecule has 0 bridgehead atoms. The Hall–Kier alpha value is -0.930. The van der Waals surface area contributed by atoms with Crippen LogP contribution in [0.1, 0.15) is 11.1 Å². The quantitative estimate of drug-likeness (QED) is 0.884. The van der Waals surface area contributed by atoms with Gasteiger partial charge in [-0.05, 0) is 29.8 Å². The normalized spacial score (nSPS) is 10.5. The summed E-state index contributed by atoms with van der Waals surface area (Å²) in [5.41, 5.74) is 1.57. The second-order valence-electron chi connectivity index (χ2n) is 3.95. The molecule has 1 N–H and O–H groups in total. The predicted molar refractivity (Wildman–Crippen MR) is 78.2 cm³/mol. The van der Waals surface area contributed by atoms with Crippen LogP contribution in [0.15, 0.2) is 36.4 Å². The lowest BCUT2D eigenvalue weighted by Crippen LogP contribution is -1.97. The van der Waals surface area contributed by atoms with Gasteiger partial charge in [0.25, 0.3) is 0 Å². The van der Waals surface area contributed by atoms with Gasteiger partial charge < -0.3 is 9.84 Å². The Morgan fingerprint density at radius 3 is 2.37 bits per heavy atom. The van der Waals surface area contributed by atoms with Crippen LogP contribution in [0.4, 0.5) is 0 Å². The van der Waals surface area contributed by atoms with E-state index >= 15 is 0 Å². The van der Waals surface area contributed by atoms with E-state index in [1.54, 1.807) is 36.4 Å². The van der Waals surface area contributed by atoms with Gasteiger partial charge in [-0.1, -0.05) is 46.9 Å². The summed E-state index contributed by atoms with van der Waals surface area (Å²) in [7, 11) is 0. The summed E-state index contributed by atoms with van der Waals surface area (Å²) in [5, 5.41) is 10.6. The second kappa shape index (κ2) is 6.49. The smallest absolute Gasteiger partial charge is 0.138 e. The molecule has 0 aliphatic heterocycles. The fourth-order valence-corrected chi connectivity index (χ4v) is 2.27. The third-order valence-electron chi connectivity index (χ3n) is 2.58. The van der Waals surface area contributed by atoms with Gasteiger partial charge in [0.1, 0.15) is 12.4 Å². The first kappa shape index (κ1) is 14.5. The second-order valence-corrected chi connectivity index (χ2v) is 5.20. The van der Waals surface area contributed by atoms with Gasteiger partial charge in [0.15, 0.2) is 0 Å². The number of hydrogen-bond acceptors (Lipinski definition) is 2. The number of ether oxygens (including phenoxy) is 1. The average Bonchev–Trinajstić information content (AvgIpc) is 2.39. The molecule has 0 fully saturated rings. The molecule has 0 heterocycles. The van der Waals surface area contributed by atoms with Crippen molar-refractivity contribution in [3.8, 4) is 5.75 Å². The number of rotatable bonds is 4. The summed E-state index contributed by atoms with van der Waals surface area (Å²) >= 11 is 17.9. The lowest BCUT2D eigenvalue weighted by atomic mass is 10.2. The molecular weight excluding hydrogens is 307 g/mol. The van der Waals surface area contributed by atoms with E-state index in [2.05, 4.69) is 0 Å². The zero-order valence-corrected chi connectivity index (χ0v) is 12.1. The van der Waals surface area contributed by atoms with Gasteiger partial charge in [0.05, 0.1) is 11.6 Å². The van der Waals surface area contributed by atoms with Crippen LogP contribution >= 0.6 is 34.8 Å². The summed E-state index contributed by atoms with van der Waals surface area (Å²) in [6, 6.07) is 10.4. The van der Waals surface area contributed by atoms with Gasteiger partial charge in [0, 0.05) is 15.6 Å². The summed E-state index contributed by atoms with van der Waals surface area (Å²) in [5.74, 6) is 0.546. The highest BCUT2D eigenvalue weighted by molar-refractivity contribution is 6.35. The molecule has 0 aliphatic carbocycles. The molecule has 0 aliphatic rings. The van der Waals surface area contributed by atoms with E-state index in [9.17, 15) is 0 Å². The van der Waals surface area contributed by atoms with E-state index in [1.165, 1.54) is 0 Å². The average molecular weight is 318 g/mol. The molecule has 2 aromatic rings. The number of halogens is 3. The highest BCUT2D eigenvalue weighted by Crippen LogP contribution is 2.28. The topological polar surface area (TPSA) is 29.5 Å². The van der Waals surface area contributed by atoms with Crippen molar-refractivity contribution in [2.75, 3.05) is 0 Å². The van der Waals surface area contributed by atoms with E-state index < -0.39 is 0 Å². The molecule has 100 valence electrons. The largest absolute Gasteiger partial charge is 0.487 e. The predicted octanol–water partition coefficient (Wildman–Crippen LogP) is 4.72. The van der Waals surface area contributed by atoms with E-state index in [0.717, 1.165) is 11.1 Å². The van der Waals surface area contributed by atoms with Gasteiger partial charge in [-0.2, -0.15) is 0 Å². The number of hydrogen-bond donors (Lipinski definition) is 1. The molecule has 0 saturated carbocycles. The maximum atomic E-state index is 8.99. The maximum Gasteiger partial charge on any atom is 0.138 e. The van der Waals surface area contributed by atoms with Crippen molar-refractivity contribution in [3.63, 3.8) is 0 Å². The Labute approximate surface area is 126 Å². The van der Waals surface area contributed by atoms with Crippen molar-refractivity contribution in [3.05, 3.63) is 62.6 Å². The minimum Gasteiger partial charge on any atom is -0.487 e. The zero-order valence-electron chi connectivity index (χ0n) is 9.87. The van der Waals surface area contributed by atoms with Gasteiger partial charge in [0.2, 0.25) is 0 Å². The lowest BCUT2D eigenvalue weighted by Gasteiger charge is -2.10. The van der Waals surface area contributed by atoms with Crippen LogP contribution in [0, 0.1) is 0 Å². The highest BCUT2D eigenvalue weighted by atomic mass is 35.5. The van der Waals surface area contributed by atoms with E-state index in [1.807, 2.05) is 0 Å². The minimum absolute atomic E-state index is 0.0526. The van der Waals surface area contributed by atoms with Crippen LogP contribution in [-0.4, -0.2) is 5.11 Å². The van der Waals surface area contributed by atoms with Crippen LogP contribution < -0.4 is 4.74 Å². The molecule has 2 aromatic carbocycles. The fraction of sp³-hybridized carbons (Fsp3) is 0.143. The van der Waals surface area contributed by atoms with Crippen molar-refractivity contribution in [2.24, 2.45) is 0 Å². The Morgan fingerprint density at radius 1 is 0.947 bits per heavy atom. The van der Waals surface area contributed by atoms with Crippen LogP contribution in [0.5, 0.6) is 5.75 Å². The molecule has 0 amide bonds. The molecule has 0 atom stereocenters. The molecule has 0 unspecified atom stereocenters. The van der Waals surface area contributed by atoms with Crippen molar-refractivity contribution in [1.82, 2.24) is 0 Å². The van der Waals surface area contributed by atoms with Crippen LogP contribution in [-0.2, 0) is 13.2 Å². The molecule has 0 saturated heterocycles. The van der Waals surface area contributed by atoms with E-state index in [0.29, 0.717) is 27.4 Å². The van der Waals surface area contributed by atoms with Crippen LogP contribution in [0.3, 0.4) is 0 Å². The summed E-state index contributed by atoms with van der Waals surface area (Å²) in [6.07, 6.45) is 0. The van der Waals surface area contributed by atoms with E-state index in [-0.39, 0.29) is 6.61 Å². The van der Waals surface area contributed by atoms with Crippen molar-refractivity contribution >= 4 is 34.8 Å². The molecule has 2 nitrogen and oxygen atoms in total. The highest BCUT2D eigenvalue weighted by Gasteiger charge is 2.06. The maximum absolute atomic E-state index is 8.99. The molecule has 5 heteroatoms.